The van der Waals surface area contributed by atoms with Gasteiger partial charge in [-0.05, 0) is 38.0 Å². The quantitative estimate of drug-likeness (QED) is 0.517. The second kappa shape index (κ2) is 8.23. The molecule has 3 heterocycles. The molecule has 0 spiro atoms. The van der Waals surface area contributed by atoms with Crippen molar-refractivity contribution in [1.29, 1.82) is 0 Å². The Morgan fingerprint density at radius 1 is 1.17 bits per heavy atom. The first kappa shape index (κ1) is 20.0. The molecule has 0 atom stereocenters. The molecule has 0 unspecified atom stereocenters. The van der Waals surface area contributed by atoms with E-state index in [0.717, 1.165) is 38.8 Å². The van der Waals surface area contributed by atoms with Crippen LogP contribution in [0.15, 0.2) is 42.7 Å². The summed E-state index contributed by atoms with van der Waals surface area (Å²) in [5.74, 6) is -0.107. The fraction of sp³-hybridized carbons (Fsp3) is 0.273. The van der Waals surface area contributed by atoms with Crippen molar-refractivity contribution in [3.05, 3.63) is 75.8 Å². The van der Waals surface area contributed by atoms with Crippen LogP contribution in [0.4, 0.5) is 0 Å². The Morgan fingerprint density at radius 3 is 2.67 bits per heavy atom. The largest absolute Gasteiger partial charge is 0.347 e. The number of carbonyl (C=O) groups is 1. The van der Waals surface area contributed by atoms with Gasteiger partial charge in [-0.2, -0.15) is 10.2 Å². The molecular formula is C22H24N6OS. The van der Waals surface area contributed by atoms with Gasteiger partial charge < -0.3 is 5.32 Å². The minimum atomic E-state index is -0.107. The van der Waals surface area contributed by atoms with Gasteiger partial charge in [0.05, 0.1) is 24.1 Å². The molecule has 154 valence electrons. The summed E-state index contributed by atoms with van der Waals surface area (Å²) < 4.78 is 3.72. The third-order valence-electron chi connectivity index (χ3n) is 4.83. The van der Waals surface area contributed by atoms with Crippen molar-refractivity contribution in [2.45, 2.75) is 33.9 Å². The maximum atomic E-state index is 12.7. The van der Waals surface area contributed by atoms with Crippen molar-refractivity contribution in [1.82, 2.24) is 29.9 Å². The van der Waals surface area contributed by atoms with Crippen LogP contribution < -0.4 is 5.32 Å². The molecule has 0 fully saturated rings. The minimum absolute atomic E-state index is 0.107. The van der Waals surface area contributed by atoms with Crippen LogP contribution in [-0.2, 0) is 20.1 Å². The van der Waals surface area contributed by atoms with Crippen LogP contribution >= 0.6 is 11.3 Å². The van der Waals surface area contributed by atoms with E-state index in [0.29, 0.717) is 18.0 Å². The molecular weight excluding hydrogens is 396 g/mol. The number of aromatic nitrogens is 5. The molecule has 7 nitrogen and oxygen atoms in total. The first-order valence-electron chi connectivity index (χ1n) is 9.72. The Kier molecular flexibility index (Phi) is 5.50. The number of nitrogens with zero attached hydrogens (tertiary/aromatic N) is 5. The lowest BCUT2D eigenvalue weighted by Crippen LogP contribution is -2.22. The predicted octanol–water partition coefficient (Wildman–Crippen LogP) is 3.64. The second-order valence-electron chi connectivity index (χ2n) is 7.42. The van der Waals surface area contributed by atoms with Crippen LogP contribution in [0.1, 0.15) is 37.9 Å². The van der Waals surface area contributed by atoms with Gasteiger partial charge in [-0.3, -0.25) is 14.2 Å². The first-order valence-corrected chi connectivity index (χ1v) is 10.5. The molecule has 0 saturated carbocycles. The monoisotopic (exact) mass is 420 g/mol. The zero-order valence-electron chi connectivity index (χ0n) is 17.5. The van der Waals surface area contributed by atoms with Crippen molar-refractivity contribution in [2.75, 3.05) is 0 Å². The summed E-state index contributed by atoms with van der Waals surface area (Å²) >= 11 is 1.39. The number of rotatable bonds is 6. The van der Waals surface area contributed by atoms with Gasteiger partial charge in [-0.15, -0.1) is 11.3 Å². The maximum absolute atomic E-state index is 12.7. The van der Waals surface area contributed by atoms with Gasteiger partial charge in [-0.25, -0.2) is 4.98 Å². The summed E-state index contributed by atoms with van der Waals surface area (Å²) in [5.41, 5.74) is 6.01. The van der Waals surface area contributed by atoms with Crippen LogP contribution in [0.3, 0.4) is 0 Å². The topological polar surface area (TPSA) is 77.6 Å². The average molecular weight is 421 g/mol. The fourth-order valence-electron chi connectivity index (χ4n) is 3.37. The lowest BCUT2D eigenvalue weighted by atomic mass is 10.1. The summed E-state index contributed by atoms with van der Waals surface area (Å²) in [7, 11) is 1.86. The van der Waals surface area contributed by atoms with Gasteiger partial charge in [0, 0.05) is 31.0 Å². The van der Waals surface area contributed by atoms with E-state index in [9.17, 15) is 4.79 Å². The van der Waals surface area contributed by atoms with Crippen LogP contribution in [0.5, 0.6) is 0 Å². The van der Waals surface area contributed by atoms with Crippen molar-refractivity contribution < 1.29 is 4.79 Å². The third kappa shape index (κ3) is 4.33. The number of carbonyl (C=O) groups excluding carboxylic acids is 1. The highest BCUT2D eigenvalue weighted by Crippen LogP contribution is 2.27. The Hall–Kier alpha value is -3.26. The third-order valence-corrected chi connectivity index (χ3v) is 6.04. The Labute approximate surface area is 179 Å². The minimum Gasteiger partial charge on any atom is -0.347 e. The standard InChI is InChI=1S/C22H24N6OS/c1-14-8-15(2)28(26-14)12-18-7-5-6-17(9-18)10-23-21(29)20-16(3)25-22(30-20)19-11-24-27(4)13-19/h5-9,11,13H,10,12H2,1-4H3,(H,23,29). The smallest absolute Gasteiger partial charge is 0.263 e. The lowest BCUT2D eigenvalue weighted by Gasteiger charge is -2.08. The molecule has 1 amide bonds. The summed E-state index contributed by atoms with van der Waals surface area (Å²) in [6.45, 7) is 7.09. The zero-order chi connectivity index (χ0) is 21.3. The van der Waals surface area contributed by atoms with Crippen molar-refractivity contribution in [3.63, 3.8) is 0 Å². The molecule has 4 rings (SSSR count). The van der Waals surface area contributed by atoms with Gasteiger partial charge in [0.1, 0.15) is 9.88 Å². The SMILES string of the molecule is Cc1cc(C)n(Cc2cccc(CNC(=O)c3sc(-c4cnn(C)c4)nc3C)c2)n1. The molecule has 1 N–H and O–H groups in total. The van der Waals surface area contributed by atoms with Crippen molar-refractivity contribution in [3.8, 4) is 10.6 Å². The fourth-order valence-corrected chi connectivity index (χ4v) is 4.33. The van der Waals surface area contributed by atoms with Gasteiger partial charge in [0.25, 0.3) is 5.91 Å². The molecule has 0 bridgehead atoms. The molecule has 0 aliphatic heterocycles. The molecule has 0 radical (unpaired) electrons. The van der Waals surface area contributed by atoms with Crippen LogP contribution in [-0.4, -0.2) is 30.5 Å². The summed E-state index contributed by atoms with van der Waals surface area (Å²) in [4.78, 5) is 17.9. The highest BCUT2D eigenvalue weighted by molar-refractivity contribution is 7.17. The number of nitrogens with one attached hydrogen (secondary N) is 1. The van der Waals surface area contributed by atoms with E-state index >= 15 is 0 Å². The van der Waals surface area contributed by atoms with Gasteiger partial charge in [0.2, 0.25) is 0 Å². The van der Waals surface area contributed by atoms with Crippen LogP contribution in [0, 0.1) is 20.8 Å². The number of thiazole rings is 1. The highest BCUT2D eigenvalue weighted by atomic mass is 32.1. The van der Waals surface area contributed by atoms with Gasteiger partial charge in [0.15, 0.2) is 0 Å². The Bertz CT molecular complexity index is 1200. The van der Waals surface area contributed by atoms with Crippen LogP contribution in [0.2, 0.25) is 0 Å². The highest BCUT2D eigenvalue weighted by Gasteiger charge is 2.17. The number of hydrogen-bond donors (Lipinski definition) is 1. The molecule has 3 aromatic heterocycles. The van der Waals surface area contributed by atoms with E-state index in [1.807, 2.05) is 43.9 Å². The average Bonchev–Trinajstić information content (AvgIpc) is 3.39. The lowest BCUT2D eigenvalue weighted by molar-refractivity contribution is 0.0954. The van der Waals surface area contributed by atoms with Crippen molar-refractivity contribution >= 4 is 17.2 Å². The van der Waals surface area contributed by atoms with Crippen LogP contribution in [0.25, 0.3) is 10.6 Å². The Morgan fingerprint density at radius 2 is 1.97 bits per heavy atom. The van der Waals surface area contributed by atoms with E-state index in [1.165, 1.54) is 11.3 Å². The first-order chi connectivity index (χ1) is 14.4. The van der Waals surface area contributed by atoms with Gasteiger partial charge in [-0.1, -0.05) is 24.3 Å². The molecule has 30 heavy (non-hydrogen) atoms. The second-order valence-corrected chi connectivity index (χ2v) is 8.42. The molecule has 0 aliphatic carbocycles. The summed E-state index contributed by atoms with van der Waals surface area (Å²) in [6.07, 6.45) is 3.66. The number of aryl methyl sites for hydroxylation is 4. The van der Waals surface area contributed by atoms with Gasteiger partial charge >= 0.3 is 0 Å². The maximum Gasteiger partial charge on any atom is 0.263 e. The number of benzene rings is 1. The number of amides is 1. The van der Waals surface area contributed by atoms with E-state index in [2.05, 4.69) is 45.6 Å². The Balaban J connectivity index is 1.43. The molecule has 1 aromatic carbocycles. The number of hydrogen-bond acceptors (Lipinski definition) is 5. The van der Waals surface area contributed by atoms with Crippen molar-refractivity contribution in [2.24, 2.45) is 7.05 Å². The molecule has 0 saturated heterocycles. The predicted molar refractivity (Wildman–Crippen MR) is 117 cm³/mol. The summed E-state index contributed by atoms with van der Waals surface area (Å²) in [6, 6.07) is 10.3. The molecule has 4 aromatic rings. The normalized spacial score (nSPS) is 11.1. The molecule has 8 heteroatoms. The zero-order valence-corrected chi connectivity index (χ0v) is 18.3. The summed E-state index contributed by atoms with van der Waals surface area (Å²) in [5, 5.41) is 12.5. The van der Waals surface area contributed by atoms with E-state index in [4.69, 9.17) is 0 Å². The van der Waals surface area contributed by atoms with E-state index < -0.39 is 0 Å². The molecule has 0 aliphatic rings. The van der Waals surface area contributed by atoms with E-state index in [1.54, 1.807) is 10.9 Å². The van der Waals surface area contributed by atoms with E-state index in [-0.39, 0.29) is 5.91 Å².